The van der Waals surface area contributed by atoms with E-state index < -0.39 is 0 Å². The van der Waals surface area contributed by atoms with Gasteiger partial charge in [0.15, 0.2) is 0 Å². The van der Waals surface area contributed by atoms with Crippen molar-refractivity contribution in [3.05, 3.63) is 70.8 Å². The smallest absolute Gasteiger partial charge is 0.0576 e. The normalized spacial score (nSPS) is 12.7. The van der Waals surface area contributed by atoms with E-state index in [4.69, 9.17) is 0 Å². The van der Waals surface area contributed by atoms with Crippen LogP contribution in [0.4, 0.5) is 0 Å². The standard InChI is InChI=1S/C18H23N/c1-13(2)15-9-11-16(12-10-15)18(19-4)17-8-6-5-7-14(17)3/h5-13,18-19H,1-4H3. The van der Waals surface area contributed by atoms with Crippen LogP contribution < -0.4 is 5.32 Å². The molecule has 0 fully saturated rings. The maximum absolute atomic E-state index is 3.42. The van der Waals surface area contributed by atoms with E-state index in [-0.39, 0.29) is 6.04 Å². The van der Waals surface area contributed by atoms with Crippen molar-refractivity contribution in [2.45, 2.75) is 32.7 Å². The second-order valence-electron chi connectivity index (χ2n) is 5.40. The summed E-state index contributed by atoms with van der Waals surface area (Å²) in [6.45, 7) is 6.62. The molecule has 2 aromatic carbocycles. The van der Waals surface area contributed by atoms with Crippen LogP contribution in [0.5, 0.6) is 0 Å². The molecule has 0 bridgehead atoms. The van der Waals surface area contributed by atoms with Crippen LogP contribution >= 0.6 is 0 Å². The quantitative estimate of drug-likeness (QED) is 0.850. The molecule has 0 amide bonds. The summed E-state index contributed by atoms with van der Waals surface area (Å²) in [6.07, 6.45) is 0. The fourth-order valence-corrected chi connectivity index (χ4v) is 2.49. The fraction of sp³-hybridized carbons (Fsp3) is 0.333. The van der Waals surface area contributed by atoms with Crippen LogP contribution in [0.15, 0.2) is 48.5 Å². The molecular weight excluding hydrogens is 230 g/mol. The highest BCUT2D eigenvalue weighted by atomic mass is 14.9. The molecule has 0 saturated heterocycles. The Labute approximate surface area is 116 Å². The molecule has 0 aromatic heterocycles. The molecule has 0 aliphatic heterocycles. The van der Waals surface area contributed by atoms with Gasteiger partial charge < -0.3 is 5.32 Å². The van der Waals surface area contributed by atoms with Gasteiger partial charge in [0.2, 0.25) is 0 Å². The lowest BCUT2D eigenvalue weighted by Gasteiger charge is -2.20. The van der Waals surface area contributed by atoms with Crippen molar-refractivity contribution >= 4 is 0 Å². The molecule has 0 heterocycles. The van der Waals surface area contributed by atoms with Gasteiger partial charge in [-0.05, 0) is 42.1 Å². The van der Waals surface area contributed by atoms with E-state index in [1.54, 1.807) is 0 Å². The Morgan fingerprint density at radius 3 is 1.95 bits per heavy atom. The van der Waals surface area contributed by atoms with Gasteiger partial charge in [0.05, 0.1) is 6.04 Å². The predicted molar refractivity (Wildman–Crippen MR) is 82.6 cm³/mol. The zero-order chi connectivity index (χ0) is 13.8. The summed E-state index contributed by atoms with van der Waals surface area (Å²) in [5.41, 5.74) is 5.39. The first-order valence-electron chi connectivity index (χ1n) is 6.96. The second kappa shape index (κ2) is 6.03. The molecule has 1 heteroatoms. The summed E-state index contributed by atoms with van der Waals surface area (Å²) in [5.74, 6) is 0.584. The van der Waals surface area contributed by atoms with Crippen LogP contribution in [-0.2, 0) is 0 Å². The Bertz CT molecular complexity index is 526. The molecule has 0 spiro atoms. The molecule has 1 nitrogen and oxygen atoms in total. The van der Waals surface area contributed by atoms with E-state index in [1.807, 2.05) is 7.05 Å². The summed E-state index contributed by atoms with van der Waals surface area (Å²) in [4.78, 5) is 0. The van der Waals surface area contributed by atoms with Gasteiger partial charge in [-0.15, -0.1) is 0 Å². The number of rotatable bonds is 4. The molecule has 2 aromatic rings. The average molecular weight is 253 g/mol. The molecule has 1 N–H and O–H groups in total. The highest BCUT2D eigenvalue weighted by Crippen LogP contribution is 2.25. The van der Waals surface area contributed by atoms with E-state index in [0.717, 1.165) is 0 Å². The topological polar surface area (TPSA) is 12.0 Å². The lowest BCUT2D eigenvalue weighted by atomic mass is 9.93. The third-order valence-corrected chi connectivity index (χ3v) is 3.72. The zero-order valence-corrected chi connectivity index (χ0v) is 12.3. The Kier molecular flexibility index (Phi) is 4.39. The third-order valence-electron chi connectivity index (χ3n) is 3.72. The molecule has 0 saturated carbocycles. The minimum absolute atomic E-state index is 0.266. The van der Waals surface area contributed by atoms with Gasteiger partial charge in [-0.25, -0.2) is 0 Å². The SMILES string of the molecule is CNC(c1ccc(C(C)C)cc1)c1ccccc1C. The van der Waals surface area contributed by atoms with Gasteiger partial charge in [0, 0.05) is 0 Å². The molecule has 19 heavy (non-hydrogen) atoms. The highest BCUT2D eigenvalue weighted by Gasteiger charge is 2.13. The van der Waals surface area contributed by atoms with Crippen molar-refractivity contribution in [1.82, 2.24) is 5.32 Å². The van der Waals surface area contributed by atoms with Crippen molar-refractivity contribution < 1.29 is 0 Å². The molecule has 100 valence electrons. The van der Waals surface area contributed by atoms with Gasteiger partial charge in [-0.1, -0.05) is 62.4 Å². The molecule has 0 aliphatic carbocycles. The molecule has 1 atom stereocenters. The maximum Gasteiger partial charge on any atom is 0.0576 e. The average Bonchev–Trinajstić information content (AvgIpc) is 2.42. The lowest BCUT2D eigenvalue weighted by Crippen LogP contribution is -2.18. The van der Waals surface area contributed by atoms with E-state index in [1.165, 1.54) is 22.3 Å². The van der Waals surface area contributed by atoms with E-state index in [0.29, 0.717) is 5.92 Å². The number of benzene rings is 2. The van der Waals surface area contributed by atoms with Crippen molar-refractivity contribution in [2.24, 2.45) is 0 Å². The molecular formula is C18H23N. The maximum atomic E-state index is 3.42. The molecule has 0 aliphatic rings. The number of hydrogen-bond acceptors (Lipinski definition) is 1. The number of aryl methyl sites for hydroxylation is 1. The van der Waals surface area contributed by atoms with Gasteiger partial charge in [-0.2, -0.15) is 0 Å². The predicted octanol–water partition coefficient (Wildman–Crippen LogP) is 4.43. The summed E-state index contributed by atoms with van der Waals surface area (Å²) in [5, 5.41) is 3.42. The van der Waals surface area contributed by atoms with E-state index in [2.05, 4.69) is 74.6 Å². The Morgan fingerprint density at radius 2 is 1.42 bits per heavy atom. The van der Waals surface area contributed by atoms with Gasteiger partial charge in [0.25, 0.3) is 0 Å². The first kappa shape index (κ1) is 13.8. The second-order valence-corrected chi connectivity index (χ2v) is 5.40. The Balaban J connectivity index is 2.35. The van der Waals surface area contributed by atoms with Crippen LogP contribution in [0.2, 0.25) is 0 Å². The first-order valence-corrected chi connectivity index (χ1v) is 6.96. The highest BCUT2D eigenvalue weighted by molar-refractivity contribution is 5.38. The Hall–Kier alpha value is -1.60. The lowest BCUT2D eigenvalue weighted by molar-refractivity contribution is 0.686. The summed E-state index contributed by atoms with van der Waals surface area (Å²) < 4.78 is 0. The van der Waals surface area contributed by atoms with Gasteiger partial charge >= 0.3 is 0 Å². The molecule has 2 rings (SSSR count). The van der Waals surface area contributed by atoms with Gasteiger partial charge in [0.1, 0.15) is 0 Å². The summed E-state index contributed by atoms with van der Waals surface area (Å²) in [7, 11) is 2.02. The van der Waals surface area contributed by atoms with Crippen LogP contribution in [-0.4, -0.2) is 7.05 Å². The van der Waals surface area contributed by atoms with E-state index in [9.17, 15) is 0 Å². The summed E-state index contributed by atoms with van der Waals surface area (Å²) >= 11 is 0. The van der Waals surface area contributed by atoms with Crippen LogP contribution in [0.1, 0.15) is 48.1 Å². The number of hydrogen-bond donors (Lipinski definition) is 1. The zero-order valence-electron chi connectivity index (χ0n) is 12.3. The third kappa shape index (κ3) is 3.05. The van der Waals surface area contributed by atoms with Gasteiger partial charge in [-0.3, -0.25) is 0 Å². The Morgan fingerprint density at radius 1 is 0.842 bits per heavy atom. The summed E-state index contributed by atoms with van der Waals surface area (Å²) in [6, 6.07) is 17.8. The first-order chi connectivity index (χ1) is 9.13. The largest absolute Gasteiger partial charge is 0.309 e. The fourth-order valence-electron chi connectivity index (χ4n) is 2.49. The number of nitrogens with one attached hydrogen (secondary N) is 1. The molecule has 0 radical (unpaired) electrons. The van der Waals surface area contributed by atoms with Crippen molar-refractivity contribution in [1.29, 1.82) is 0 Å². The van der Waals surface area contributed by atoms with E-state index >= 15 is 0 Å². The molecule has 1 unspecified atom stereocenters. The van der Waals surface area contributed by atoms with Crippen molar-refractivity contribution in [2.75, 3.05) is 7.05 Å². The minimum Gasteiger partial charge on any atom is -0.309 e. The van der Waals surface area contributed by atoms with Crippen molar-refractivity contribution in [3.63, 3.8) is 0 Å². The van der Waals surface area contributed by atoms with Crippen LogP contribution in [0.3, 0.4) is 0 Å². The van der Waals surface area contributed by atoms with Crippen LogP contribution in [0.25, 0.3) is 0 Å². The van der Waals surface area contributed by atoms with Crippen LogP contribution in [0, 0.1) is 6.92 Å². The van der Waals surface area contributed by atoms with Crippen molar-refractivity contribution in [3.8, 4) is 0 Å². The minimum atomic E-state index is 0.266. The monoisotopic (exact) mass is 253 g/mol.